The van der Waals surface area contributed by atoms with Crippen molar-refractivity contribution in [3.63, 3.8) is 0 Å². The van der Waals surface area contributed by atoms with E-state index in [1.807, 2.05) is 6.92 Å². The van der Waals surface area contributed by atoms with Crippen LogP contribution in [0.4, 0.5) is 21.0 Å². The Morgan fingerprint density at radius 1 is 1.36 bits per heavy atom. The molecule has 0 radical (unpaired) electrons. The quantitative estimate of drug-likeness (QED) is 0.442. The van der Waals surface area contributed by atoms with Crippen molar-refractivity contribution < 1.29 is 18.7 Å². The summed E-state index contributed by atoms with van der Waals surface area (Å²) < 4.78 is 26.8. The number of H-pyrrole nitrogens is 1. The largest absolute Gasteiger partial charge is 0.443 e. The highest BCUT2D eigenvalue weighted by molar-refractivity contribution is 6.29. The molecule has 3 aromatic heterocycles. The SMILES string of the molecule is COCc1cn2c(Nc3cc([C@H]4C[C@@H](F)[C@@H](OC(=O)NC5(C)CC5)C4)[nH]n3)nc(Cl)cc2n1. The molecule has 1 amide bonds. The third kappa shape index (κ3) is 4.74. The van der Waals surface area contributed by atoms with Gasteiger partial charge in [-0.25, -0.2) is 19.2 Å². The fourth-order valence-corrected chi connectivity index (χ4v) is 4.27. The first-order chi connectivity index (χ1) is 15.8. The first-order valence-corrected chi connectivity index (χ1v) is 11.2. The van der Waals surface area contributed by atoms with Gasteiger partial charge in [0.2, 0.25) is 5.95 Å². The number of carbonyl (C=O) groups is 1. The molecule has 0 aromatic carbocycles. The van der Waals surface area contributed by atoms with Crippen molar-refractivity contribution >= 4 is 35.1 Å². The van der Waals surface area contributed by atoms with Crippen molar-refractivity contribution in [1.82, 2.24) is 29.9 Å². The molecule has 5 rings (SSSR count). The van der Waals surface area contributed by atoms with E-state index in [1.54, 1.807) is 29.8 Å². The summed E-state index contributed by atoms with van der Waals surface area (Å²) in [5, 5.41) is 13.5. The predicted molar refractivity (Wildman–Crippen MR) is 118 cm³/mol. The summed E-state index contributed by atoms with van der Waals surface area (Å²) in [6, 6.07) is 3.45. The lowest BCUT2D eigenvalue weighted by Gasteiger charge is -2.17. The summed E-state index contributed by atoms with van der Waals surface area (Å²) in [4.78, 5) is 20.8. The number of nitrogens with zero attached hydrogens (tertiary/aromatic N) is 4. The third-order valence-electron chi connectivity index (χ3n) is 6.13. The van der Waals surface area contributed by atoms with Gasteiger partial charge in [-0.15, -0.1) is 0 Å². The molecule has 176 valence electrons. The van der Waals surface area contributed by atoms with Gasteiger partial charge < -0.3 is 20.1 Å². The Labute approximate surface area is 194 Å². The van der Waals surface area contributed by atoms with Gasteiger partial charge in [0.15, 0.2) is 5.82 Å². The lowest BCUT2D eigenvalue weighted by atomic mass is 10.0. The van der Waals surface area contributed by atoms with E-state index >= 15 is 0 Å². The van der Waals surface area contributed by atoms with E-state index in [0.717, 1.165) is 24.2 Å². The zero-order valence-corrected chi connectivity index (χ0v) is 19.0. The number of rotatable bonds is 7. The Hall–Kier alpha value is -2.92. The molecule has 0 unspecified atom stereocenters. The number of methoxy groups -OCH3 is 1. The Balaban J connectivity index is 1.26. The number of nitrogens with one attached hydrogen (secondary N) is 3. The number of hydrogen-bond acceptors (Lipinski definition) is 7. The maximum absolute atomic E-state index is 14.6. The van der Waals surface area contributed by atoms with Gasteiger partial charge in [0.25, 0.3) is 0 Å². The lowest BCUT2D eigenvalue weighted by molar-refractivity contribution is 0.0583. The second-order valence-corrected chi connectivity index (χ2v) is 9.33. The highest BCUT2D eigenvalue weighted by Crippen LogP contribution is 2.39. The number of alkyl carbamates (subject to hydrolysis) is 1. The van der Waals surface area contributed by atoms with Crippen LogP contribution in [0.3, 0.4) is 0 Å². The summed E-state index contributed by atoms with van der Waals surface area (Å²) >= 11 is 6.15. The van der Waals surface area contributed by atoms with Crippen LogP contribution in [0.1, 0.15) is 49.9 Å². The van der Waals surface area contributed by atoms with E-state index in [1.165, 1.54) is 0 Å². The molecule has 3 atom stereocenters. The highest BCUT2D eigenvalue weighted by atomic mass is 35.5. The van der Waals surface area contributed by atoms with Crippen LogP contribution < -0.4 is 10.6 Å². The van der Waals surface area contributed by atoms with Crippen molar-refractivity contribution in [3.8, 4) is 0 Å². The molecule has 0 saturated heterocycles. The number of aromatic amines is 1. The van der Waals surface area contributed by atoms with Crippen LogP contribution in [0.5, 0.6) is 0 Å². The van der Waals surface area contributed by atoms with Gasteiger partial charge in [-0.1, -0.05) is 11.6 Å². The van der Waals surface area contributed by atoms with Gasteiger partial charge in [-0.2, -0.15) is 5.10 Å². The fourth-order valence-electron chi connectivity index (χ4n) is 4.09. The van der Waals surface area contributed by atoms with E-state index in [-0.39, 0.29) is 23.0 Å². The number of fused-ring (bicyclic) bond motifs is 1. The zero-order valence-electron chi connectivity index (χ0n) is 18.3. The van der Waals surface area contributed by atoms with Crippen molar-refractivity contribution in [3.05, 3.63) is 34.9 Å². The van der Waals surface area contributed by atoms with Crippen LogP contribution in [0.15, 0.2) is 18.3 Å². The Bertz CT molecular complexity index is 1180. The molecule has 0 spiro atoms. The van der Waals surface area contributed by atoms with Gasteiger partial charge in [-0.3, -0.25) is 9.50 Å². The molecule has 33 heavy (non-hydrogen) atoms. The minimum atomic E-state index is -1.23. The molecule has 3 aromatic rings. The highest BCUT2D eigenvalue weighted by Gasteiger charge is 2.42. The van der Waals surface area contributed by atoms with Gasteiger partial charge in [-0.05, 0) is 32.6 Å². The number of halogens is 2. The second-order valence-electron chi connectivity index (χ2n) is 8.94. The molecule has 0 aliphatic heterocycles. The molecule has 2 saturated carbocycles. The van der Waals surface area contributed by atoms with E-state index in [0.29, 0.717) is 30.4 Å². The minimum Gasteiger partial charge on any atom is -0.443 e. The number of hydrogen-bond donors (Lipinski definition) is 3. The number of amides is 1. The van der Waals surface area contributed by atoms with Crippen molar-refractivity contribution in [1.29, 1.82) is 0 Å². The number of carbonyl (C=O) groups excluding carboxylic acids is 1. The molecule has 0 bridgehead atoms. The lowest BCUT2D eigenvalue weighted by Crippen LogP contribution is -2.38. The number of alkyl halides is 1. The van der Waals surface area contributed by atoms with E-state index in [2.05, 4.69) is 30.8 Å². The summed E-state index contributed by atoms with van der Waals surface area (Å²) in [6.45, 7) is 2.31. The van der Waals surface area contributed by atoms with Gasteiger partial charge in [0.05, 0.1) is 12.3 Å². The van der Waals surface area contributed by atoms with Crippen LogP contribution in [-0.4, -0.2) is 55.6 Å². The first kappa shape index (κ1) is 21.9. The van der Waals surface area contributed by atoms with Crippen LogP contribution in [0, 0.1) is 0 Å². The zero-order chi connectivity index (χ0) is 23.2. The fraction of sp³-hybridized carbons (Fsp3) is 0.524. The normalized spacial score (nSPS) is 23.6. The first-order valence-electron chi connectivity index (χ1n) is 10.8. The van der Waals surface area contributed by atoms with Gasteiger partial charge in [0, 0.05) is 42.6 Å². The van der Waals surface area contributed by atoms with Gasteiger partial charge in [0.1, 0.15) is 23.1 Å². The summed E-state index contributed by atoms with van der Waals surface area (Å²) in [6.07, 6.45) is 1.70. The van der Waals surface area contributed by atoms with Crippen LogP contribution in [0.2, 0.25) is 5.15 Å². The molecule has 2 aliphatic rings. The number of imidazole rings is 1. The smallest absolute Gasteiger partial charge is 0.407 e. The molecular weight excluding hydrogens is 453 g/mol. The van der Waals surface area contributed by atoms with Crippen LogP contribution in [0.25, 0.3) is 5.65 Å². The average molecular weight is 478 g/mol. The molecule has 3 N–H and O–H groups in total. The number of ether oxygens (including phenoxy) is 2. The molecule has 10 nitrogen and oxygen atoms in total. The third-order valence-corrected chi connectivity index (χ3v) is 6.33. The molecule has 2 fully saturated rings. The Kier molecular flexibility index (Phi) is 5.61. The van der Waals surface area contributed by atoms with Crippen LogP contribution in [-0.2, 0) is 16.1 Å². The average Bonchev–Trinajstić information content (AvgIpc) is 3.11. The topological polar surface area (TPSA) is 118 Å². The van der Waals surface area contributed by atoms with Gasteiger partial charge >= 0.3 is 6.09 Å². The minimum absolute atomic E-state index is 0.147. The molecule has 2 aliphatic carbocycles. The summed E-state index contributed by atoms with van der Waals surface area (Å²) in [7, 11) is 1.60. The van der Waals surface area contributed by atoms with E-state index < -0.39 is 18.4 Å². The summed E-state index contributed by atoms with van der Waals surface area (Å²) in [5.74, 6) is 0.792. The van der Waals surface area contributed by atoms with E-state index in [9.17, 15) is 9.18 Å². The Morgan fingerprint density at radius 2 is 2.18 bits per heavy atom. The standard InChI is InChI=1S/C21H25ClFN7O3/c1-21(3-4-21)27-20(31)33-15-6-11(5-13(15)23)14-7-17(29-28-14)26-19-25-16(22)8-18-24-12(10-32-2)9-30(18)19/h7-9,11,13,15H,3-6,10H2,1-2H3,(H,27,31)(H2,25,26,28,29)/t11-,13+,15-/m0/s1. The molecule has 3 heterocycles. The molecule has 12 heteroatoms. The second kappa shape index (κ2) is 8.45. The maximum Gasteiger partial charge on any atom is 0.407 e. The van der Waals surface area contributed by atoms with Crippen LogP contribution >= 0.6 is 11.6 Å². The van der Waals surface area contributed by atoms with Crippen molar-refractivity contribution in [2.75, 3.05) is 12.4 Å². The molecular formula is C21H25ClFN7O3. The van der Waals surface area contributed by atoms with Crippen molar-refractivity contribution in [2.24, 2.45) is 0 Å². The Morgan fingerprint density at radius 3 is 2.94 bits per heavy atom. The predicted octanol–water partition coefficient (Wildman–Crippen LogP) is 3.86. The summed E-state index contributed by atoms with van der Waals surface area (Å²) in [5.41, 5.74) is 1.90. The number of aromatic nitrogens is 5. The number of anilines is 2. The van der Waals surface area contributed by atoms with E-state index in [4.69, 9.17) is 21.1 Å². The monoisotopic (exact) mass is 477 g/mol. The maximum atomic E-state index is 14.6. The van der Waals surface area contributed by atoms with Crippen molar-refractivity contribution in [2.45, 2.75) is 62.9 Å².